The van der Waals surface area contributed by atoms with Crippen molar-refractivity contribution in [3.8, 4) is 67.5 Å². The average molecular weight is 793 g/mol. The zero-order valence-electron chi connectivity index (χ0n) is 33.5. The van der Waals surface area contributed by atoms with Crippen LogP contribution in [0.15, 0.2) is 219 Å². The van der Waals surface area contributed by atoms with Crippen LogP contribution in [0.2, 0.25) is 0 Å². The van der Waals surface area contributed by atoms with Gasteiger partial charge in [-0.3, -0.25) is 0 Å². The summed E-state index contributed by atoms with van der Waals surface area (Å²) in [6.45, 7) is 0. The normalized spacial score (nSPS) is 11.5. The monoisotopic (exact) mass is 792 g/mol. The fourth-order valence-corrected chi connectivity index (χ4v) is 9.05. The fourth-order valence-electron chi connectivity index (χ4n) is 9.05. The number of hydrogen-bond acceptors (Lipinski definition) is 4. The molecular weight excluding hydrogens is 757 g/mol. The van der Waals surface area contributed by atoms with E-state index in [1.807, 2.05) is 12.1 Å². The Balaban J connectivity index is 1.08. The lowest BCUT2D eigenvalue weighted by Crippen LogP contribution is -1.98. The lowest BCUT2D eigenvalue weighted by molar-refractivity contribution is 1.14. The molecule has 0 unspecified atom stereocenters. The van der Waals surface area contributed by atoms with E-state index >= 15 is 0 Å². The van der Waals surface area contributed by atoms with E-state index in [1.165, 1.54) is 38.5 Å². The van der Waals surface area contributed by atoms with Crippen LogP contribution in [0.25, 0.3) is 111 Å². The van der Waals surface area contributed by atoms with Gasteiger partial charge in [-0.1, -0.05) is 109 Å². The van der Waals surface area contributed by atoms with Crippen LogP contribution in [-0.2, 0) is 0 Å². The van der Waals surface area contributed by atoms with Crippen molar-refractivity contribution in [2.24, 2.45) is 0 Å². The molecule has 0 aliphatic rings. The molecule has 0 amide bonds. The first kappa shape index (κ1) is 35.5. The van der Waals surface area contributed by atoms with Crippen LogP contribution < -0.4 is 0 Å². The first-order valence-electron chi connectivity index (χ1n) is 20.8. The Morgan fingerprint density at radius 1 is 0.242 bits per heavy atom. The Hall–Kier alpha value is -8.48. The molecule has 0 aliphatic heterocycles. The summed E-state index contributed by atoms with van der Waals surface area (Å²) in [5.41, 5.74) is 15.5. The summed E-state index contributed by atoms with van der Waals surface area (Å²) in [6, 6.07) is 69.4. The van der Waals surface area contributed by atoms with Gasteiger partial charge in [0.2, 0.25) is 0 Å². The minimum atomic E-state index is 0.640. The first-order valence-corrected chi connectivity index (χ1v) is 20.8. The van der Waals surface area contributed by atoms with Crippen LogP contribution in [-0.4, -0.2) is 29.1 Å². The minimum absolute atomic E-state index is 0.640. The van der Waals surface area contributed by atoms with Gasteiger partial charge in [-0.15, -0.1) is 0 Å². The zero-order valence-corrected chi connectivity index (χ0v) is 33.5. The molecule has 62 heavy (non-hydrogen) atoms. The Morgan fingerprint density at radius 3 is 1.15 bits per heavy atom. The first-order chi connectivity index (χ1) is 30.7. The summed E-state index contributed by atoms with van der Waals surface area (Å²) >= 11 is 0. The number of aromatic nitrogens is 6. The van der Waals surface area contributed by atoms with Crippen LogP contribution >= 0.6 is 0 Å². The molecular formula is C56H36N6. The molecule has 6 nitrogen and oxygen atoms in total. The second-order valence-corrected chi connectivity index (χ2v) is 15.6. The molecule has 4 aromatic heterocycles. The Kier molecular flexibility index (Phi) is 8.38. The van der Waals surface area contributed by atoms with Gasteiger partial charge in [0.25, 0.3) is 0 Å². The molecule has 0 aliphatic carbocycles. The maximum absolute atomic E-state index is 4.64. The lowest BCUT2D eigenvalue weighted by Gasteiger charge is -2.13. The summed E-state index contributed by atoms with van der Waals surface area (Å²) in [6.07, 6.45) is 7.11. The maximum atomic E-state index is 4.64. The molecule has 12 rings (SSSR count). The Morgan fingerprint density at radius 2 is 0.645 bits per heavy atom. The maximum Gasteiger partial charge on any atom is 0.159 e. The third-order valence-electron chi connectivity index (χ3n) is 11.9. The van der Waals surface area contributed by atoms with E-state index in [2.05, 4.69) is 211 Å². The van der Waals surface area contributed by atoms with Gasteiger partial charge < -0.3 is 9.13 Å². The molecule has 4 heterocycles. The summed E-state index contributed by atoms with van der Waals surface area (Å²) in [7, 11) is 0. The van der Waals surface area contributed by atoms with E-state index in [1.54, 1.807) is 24.8 Å². The van der Waals surface area contributed by atoms with Crippen molar-refractivity contribution in [3.05, 3.63) is 219 Å². The molecule has 0 saturated carbocycles. The molecule has 0 radical (unpaired) electrons. The molecule has 12 aromatic rings. The quantitative estimate of drug-likeness (QED) is 0.161. The number of fused-ring (bicyclic) bond motifs is 6. The summed E-state index contributed by atoms with van der Waals surface area (Å²) in [4.78, 5) is 18.5. The molecule has 8 aromatic carbocycles. The molecule has 0 N–H and O–H groups in total. The molecule has 0 fully saturated rings. The van der Waals surface area contributed by atoms with E-state index in [0.717, 1.165) is 61.0 Å². The van der Waals surface area contributed by atoms with Crippen molar-refractivity contribution in [2.75, 3.05) is 0 Å². The van der Waals surface area contributed by atoms with Crippen LogP contribution in [0.4, 0.5) is 0 Å². The fraction of sp³-hybridized carbons (Fsp3) is 0. The lowest BCUT2D eigenvalue weighted by atomic mass is 9.99. The Bertz CT molecular complexity index is 3540. The predicted molar refractivity (Wildman–Crippen MR) is 253 cm³/mol. The van der Waals surface area contributed by atoms with E-state index in [0.29, 0.717) is 11.6 Å². The molecule has 0 spiro atoms. The molecule has 6 heteroatoms. The van der Waals surface area contributed by atoms with Gasteiger partial charge in [0.15, 0.2) is 11.6 Å². The molecule has 0 saturated heterocycles. The summed E-state index contributed by atoms with van der Waals surface area (Å²) in [5.74, 6) is 1.28. The van der Waals surface area contributed by atoms with Crippen LogP contribution in [0.5, 0.6) is 0 Å². The van der Waals surface area contributed by atoms with E-state index < -0.39 is 0 Å². The second kappa shape index (κ2) is 14.7. The third-order valence-corrected chi connectivity index (χ3v) is 11.9. The van der Waals surface area contributed by atoms with Crippen molar-refractivity contribution in [1.82, 2.24) is 29.1 Å². The number of rotatable bonds is 7. The number of hydrogen-bond donors (Lipinski definition) is 0. The van der Waals surface area contributed by atoms with Gasteiger partial charge in [0.1, 0.15) is 0 Å². The van der Waals surface area contributed by atoms with Crippen LogP contribution in [0, 0.1) is 0 Å². The van der Waals surface area contributed by atoms with Gasteiger partial charge in [0.05, 0.1) is 22.1 Å². The number of para-hydroxylation sites is 1. The summed E-state index contributed by atoms with van der Waals surface area (Å²) < 4.78 is 4.75. The van der Waals surface area contributed by atoms with Crippen molar-refractivity contribution in [1.29, 1.82) is 0 Å². The average Bonchev–Trinajstić information content (AvgIpc) is 3.86. The van der Waals surface area contributed by atoms with E-state index in [9.17, 15) is 0 Å². The highest BCUT2D eigenvalue weighted by molar-refractivity contribution is 6.14. The molecule has 0 atom stereocenters. The largest absolute Gasteiger partial charge is 0.309 e. The highest BCUT2D eigenvalue weighted by Crippen LogP contribution is 2.41. The SMILES string of the molecule is c1ccc(-c2ccc3c(c2)c2cc(-c4ccc5c(c4)c4ccc(-c6ccccc6)cc4n5-c4ccccc4)ccc2n3-c2cc(-c3ncccn3)cc(-c3ncccn3)c2)cc1. The zero-order chi connectivity index (χ0) is 41.0. The topological polar surface area (TPSA) is 61.4 Å². The highest BCUT2D eigenvalue weighted by atomic mass is 15.0. The van der Waals surface area contributed by atoms with Gasteiger partial charge in [-0.2, -0.15) is 0 Å². The van der Waals surface area contributed by atoms with Crippen molar-refractivity contribution in [3.63, 3.8) is 0 Å². The van der Waals surface area contributed by atoms with Gasteiger partial charge in [-0.25, -0.2) is 19.9 Å². The smallest absolute Gasteiger partial charge is 0.159 e. The Labute approximate surface area is 357 Å². The minimum Gasteiger partial charge on any atom is -0.309 e. The second-order valence-electron chi connectivity index (χ2n) is 15.6. The third kappa shape index (κ3) is 6.04. The highest BCUT2D eigenvalue weighted by Gasteiger charge is 2.19. The number of nitrogens with zero attached hydrogens (tertiary/aromatic N) is 6. The molecule has 290 valence electrons. The van der Waals surface area contributed by atoms with Crippen LogP contribution in [0.1, 0.15) is 0 Å². The van der Waals surface area contributed by atoms with Crippen molar-refractivity contribution in [2.45, 2.75) is 0 Å². The van der Waals surface area contributed by atoms with Gasteiger partial charge >= 0.3 is 0 Å². The van der Waals surface area contributed by atoms with Crippen molar-refractivity contribution >= 4 is 43.6 Å². The summed E-state index contributed by atoms with van der Waals surface area (Å²) in [5, 5.41) is 4.76. The van der Waals surface area contributed by atoms with Crippen molar-refractivity contribution < 1.29 is 0 Å². The molecule has 0 bridgehead atoms. The standard InChI is InChI=1S/C56H36N6/c1-4-12-37(13-5-1)39-19-23-52-49(33-39)50-35-41(21-25-53(50)62(52)46-31-43(55-57-26-10-27-58-55)30-44(32-46)56-59-28-11-29-60-56)40-20-24-51-48(34-40)47-22-18-42(38-14-6-2-7-15-38)36-54(47)61(51)45-16-8-3-9-17-45/h1-36H. The van der Waals surface area contributed by atoms with Gasteiger partial charge in [-0.05, 0) is 118 Å². The van der Waals surface area contributed by atoms with Gasteiger partial charge in [0, 0.05) is 68.8 Å². The predicted octanol–water partition coefficient (Wildman–Crippen LogP) is 13.8. The van der Waals surface area contributed by atoms with E-state index in [-0.39, 0.29) is 0 Å². The number of benzene rings is 8. The van der Waals surface area contributed by atoms with Crippen LogP contribution in [0.3, 0.4) is 0 Å². The van der Waals surface area contributed by atoms with E-state index in [4.69, 9.17) is 0 Å².